The van der Waals surface area contributed by atoms with Gasteiger partial charge in [-0.3, -0.25) is 4.68 Å². The highest BCUT2D eigenvalue weighted by Crippen LogP contribution is 2.31. The molecule has 0 saturated heterocycles. The van der Waals surface area contributed by atoms with Gasteiger partial charge >= 0.3 is 6.09 Å². The van der Waals surface area contributed by atoms with Gasteiger partial charge in [0.1, 0.15) is 11.6 Å². The summed E-state index contributed by atoms with van der Waals surface area (Å²) < 4.78 is 29.2. The monoisotopic (exact) mass is 417 g/mol. The van der Waals surface area contributed by atoms with Crippen LogP contribution in [0.25, 0.3) is 11.3 Å². The summed E-state index contributed by atoms with van der Waals surface area (Å²) in [6.07, 6.45) is 0.0246. The van der Waals surface area contributed by atoms with E-state index in [1.165, 1.54) is 17.0 Å². The first-order valence-corrected chi connectivity index (χ1v) is 9.56. The number of aromatic nitrogens is 2. The fraction of sp³-hybridized carbons (Fsp3) is 0.238. The molecular formula is C21H18ClF2N3O2. The normalized spacial score (nSPS) is 13.8. The molecule has 1 aliphatic rings. The van der Waals surface area contributed by atoms with E-state index < -0.39 is 17.7 Å². The van der Waals surface area contributed by atoms with Gasteiger partial charge in [-0.05, 0) is 24.6 Å². The molecule has 4 rings (SSSR count). The van der Waals surface area contributed by atoms with Gasteiger partial charge < -0.3 is 10.0 Å². The highest BCUT2D eigenvalue weighted by atomic mass is 35.5. The fourth-order valence-electron chi connectivity index (χ4n) is 3.66. The van der Waals surface area contributed by atoms with Gasteiger partial charge in [0.25, 0.3) is 0 Å². The van der Waals surface area contributed by atoms with Gasteiger partial charge in [0.15, 0.2) is 0 Å². The molecule has 1 amide bonds. The number of hydrogen-bond acceptors (Lipinski definition) is 2. The Balaban J connectivity index is 1.78. The predicted octanol–water partition coefficient (Wildman–Crippen LogP) is 4.61. The van der Waals surface area contributed by atoms with Crippen LogP contribution >= 0.6 is 11.6 Å². The number of amides is 1. The van der Waals surface area contributed by atoms with Gasteiger partial charge in [-0.2, -0.15) is 5.10 Å². The number of carboxylic acid groups (broad SMARTS) is 1. The molecule has 150 valence electrons. The summed E-state index contributed by atoms with van der Waals surface area (Å²) >= 11 is 6.02. The van der Waals surface area contributed by atoms with Crippen molar-refractivity contribution in [2.24, 2.45) is 0 Å². The number of fused-ring (bicyclic) bond motifs is 1. The molecule has 0 fully saturated rings. The van der Waals surface area contributed by atoms with E-state index in [1.54, 1.807) is 16.8 Å². The lowest BCUT2D eigenvalue weighted by molar-refractivity contribution is 0.147. The molecule has 1 aliphatic heterocycles. The molecule has 1 aromatic heterocycles. The lowest BCUT2D eigenvalue weighted by Gasteiger charge is -2.16. The molecular weight excluding hydrogens is 400 g/mol. The van der Waals surface area contributed by atoms with Crippen LogP contribution in [0.2, 0.25) is 5.02 Å². The van der Waals surface area contributed by atoms with E-state index in [9.17, 15) is 18.7 Å². The van der Waals surface area contributed by atoms with Gasteiger partial charge in [-0.15, -0.1) is 0 Å². The minimum absolute atomic E-state index is 0.139. The van der Waals surface area contributed by atoms with E-state index in [2.05, 4.69) is 5.10 Å². The third-order valence-corrected chi connectivity index (χ3v) is 5.36. The van der Waals surface area contributed by atoms with Crippen LogP contribution in [-0.4, -0.2) is 39.0 Å². The molecule has 2 aromatic carbocycles. The quantitative estimate of drug-likeness (QED) is 0.677. The van der Waals surface area contributed by atoms with Gasteiger partial charge in [0.05, 0.1) is 17.9 Å². The average Bonchev–Trinajstić information content (AvgIpc) is 2.87. The Labute approximate surface area is 171 Å². The Morgan fingerprint density at radius 3 is 2.52 bits per heavy atom. The van der Waals surface area contributed by atoms with E-state index >= 15 is 0 Å². The van der Waals surface area contributed by atoms with Crippen LogP contribution in [0.4, 0.5) is 13.6 Å². The molecule has 0 unspecified atom stereocenters. The van der Waals surface area contributed by atoms with E-state index in [1.807, 2.05) is 12.1 Å². The molecule has 5 nitrogen and oxygen atoms in total. The number of nitrogens with zero attached hydrogens (tertiary/aromatic N) is 3. The molecule has 0 spiro atoms. The van der Waals surface area contributed by atoms with Crippen molar-refractivity contribution in [3.8, 4) is 11.3 Å². The van der Waals surface area contributed by atoms with Gasteiger partial charge in [-0.1, -0.05) is 29.8 Å². The lowest BCUT2D eigenvalue weighted by Crippen LogP contribution is -2.31. The molecule has 29 heavy (non-hydrogen) atoms. The predicted molar refractivity (Wildman–Crippen MR) is 105 cm³/mol. The molecule has 0 aliphatic carbocycles. The van der Waals surface area contributed by atoms with E-state index in [4.69, 9.17) is 11.6 Å². The molecule has 0 saturated carbocycles. The lowest BCUT2D eigenvalue weighted by atomic mass is 10.0. The third-order valence-electron chi connectivity index (χ3n) is 5.11. The van der Waals surface area contributed by atoms with Crippen molar-refractivity contribution in [3.63, 3.8) is 0 Å². The minimum atomic E-state index is -0.954. The number of carbonyl (C=O) groups is 1. The maximum absolute atomic E-state index is 14.2. The fourth-order valence-corrected chi connectivity index (χ4v) is 3.79. The van der Waals surface area contributed by atoms with Crippen LogP contribution in [0.1, 0.15) is 16.8 Å². The Morgan fingerprint density at radius 1 is 1.10 bits per heavy atom. The first kappa shape index (κ1) is 19.4. The molecule has 0 radical (unpaired) electrons. The van der Waals surface area contributed by atoms with Crippen LogP contribution in [0.15, 0.2) is 42.5 Å². The Morgan fingerprint density at radius 2 is 1.83 bits per heavy atom. The summed E-state index contributed by atoms with van der Waals surface area (Å²) in [6.45, 7) is 0.851. The zero-order chi connectivity index (χ0) is 20.5. The summed E-state index contributed by atoms with van der Waals surface area (Å²) in [6, 6.07) is 10.7. The molecule has 8 heteroatoms. The summed E-state index contributed by atoms with van der Waals surface area (Å²) in [5, 5.41) is 14.6. The van der Waals surface area contributed by atoms with E-state index in [0.29, 0.717) is 36.5 Å². The van der Waals surface area contributed by atoms with Crippen LogP contribution in [0.3, 0.4) is 0 Å². The van der Waals surface area contributed by atoms with Crippen molar-refractivity contribution < 1.29 is 18.7 Å². The van der Waals surface area contributed by atoms with Crippen molar-refractivity contribution in [1.82, 2.24) is 14.7 Å². The summed E-state index contributed by atoms with van der Waals surface area (Å²) in [5.41, 5.74) is 3.72. The third kappa shape index (κ3) is 3.96. The summed E-state index contributed by atoms with van der Waals surface area (Å²) in [4.78, 5) is 12.7. The standard InChI is InChI=1S/C21H18ClF2N3O2/c22-15-4-1-13(2-5-15)20-17-7-9-26(21(28)29)10-8-19(17)25-27(20)12-14-3-6-16(23)11-18(14)24/h1-6,11H,7-10,12H2,(H,28,29). The molecule has 0 atom stereocenters. The highest BCUT2D eigenvalue weighted by Gasteiger charge is 2.25. The van der Waals surface area contributed by atoms with Crippen molar-refractivity contribution in [2.45, 2.75) is 19.4 Å². The second-order valence-electron chi connectivity index (χ2n) is 6.94. The van der Waals surface area contributed by atoms with Crippen molar-refractivity contribution in [3.05, 3.63) is 75.9 Å². The zero-order valence-corrected chi connectivity index (χ0v) is 16.2. The SMILES string of the molecule is O=C(O)N1CCc2nn(Cc3ccc(F)cc3F)c(-c3ccc(Cl)cc3)c2CC1. The first-order valence-electron chi connectivity index (χ1n) is 9.18. The van der Waals surface area contributed by atoms with Crippen LogP contribution in [0.5, 0.6) is 0 Å². The number of benzene rings is 2. The van der Waals surface area contributed by atoms with E-state index in [0.717, 1.165) is 28.6 Å². The average molecular weight is 418 g/mol. The Kier molecular flexibility index (Phi) is 5.24. The van der Waals surface area contributed by atoms with Crippen molar-refractivity contribution >= 4 is 17.7 Å². The Hall–Kier alpha value is -2.93. The van der Waals surface area contributed by atoms with Crippen molar-refractivity contribution in [1.29, 1.82) is 0 Å². The van der Waals surface area contributed by atoms with Gasteiger partial charge in [0.2, 0.25) is 0 Å². The maximum Gasteiger partial charge on any atom is 0.407 e. The highest BCUT2D eigenvalue weighted by molar-refractivity contribution is 6.30. The summed E-state index contributed by atoms with van der Waals surface area (Å²) in [7, 11) is 0. The molecule has 2 heterocycles. The van der Waals surface area contributed by atoms with E-state index in [-0.39, 0.29) is 6.54 Å². The first-order chi connectivity index (χ1) is 13.9. The van der Waals surface area contributed by atoms with Gasteiger partial charge in [0, 0.05) is 47.3 Å². The van der Waals surface area contributed by atoms with Crippen LogP contribution in [0, 0.1) is 11.6 Å². The second kappa shape index (κ2) is 7.83. The number of halogens is 3. The zero-order valence-electron chi connectivity index (χ0n) is 15.4. The molecule has 1 N–H and O–H groups in total. The van der Waals surface area contributed by atoms with Crippen molar-refractivity contribution in [2.75, 3.05) is 13.1 Å². The smallest absolute Gasteiger partial charge is 0.407 e. The minimum Gasteiger partial charge on any atom is -0.465 e. The molecule has 3 aromatic rings. The maximum atomic E-state index is 14.2. The van der Waals surface area contributed by atoms with Crippen LogP contribution < -0.4 is 0 Å². The largest absolute Gasteiger partial charge is 0.465 e. The second-order valence-corrected chi connectivity index (χ2v) is 7.38. The van der Waals surface area contributed by atoms with Crippen LogP contribution in [-0.2, 0) is 19.4 Å². The molecule has 0 bridgehead atoms. The van der Waals surface area contributed by atoms with Gasteiger partial charge in [-0.25, -0.2) is 13.6 Å². The number of hydrogen-bond donors (Lipinski definition) is 1. The topological polar surface area (TPSA) is 58.4 Å². The Bertz CT molecular complexity index is 1070. The number of rotatable bonds is 3. The summed E-state index contributed by atoms with van der Waals surface area (Å²) in [5.74, 6) is -1.26.